The second kappa shape index (κ2) is 18.2. The molecule has 8 heteroatoms. The van der Waals surface area contributed by atoms with E-state index < -0.39 is 27.6 Å². The molecule has 0 saturated carbocycles. The van der Waals surface area contributed by atoms with Crippen molar-refractivity contribution in [1.82, 2.24) is 4.90 Å². The van der Waals surface area contributed by atoms with E-state index in [2.05, 4.69) is 45.4 Å². The number of carboxylic acid groups (broad SMARTS) is 1. The number of benzene rings is 2. The summed E-state index contributed by atoms with van der Waals surface area (Å²) in [5.41, 5.74) is 2.30. The second-order valence-electron chi connectivity index (χ2n) is 9.27. The molecule has 2 rings (SSSR count). The van der Waals surface area contributed by atoms with Crippen molar-refractivity contribution in [3.8, 4) is 0 Å². The Morgan fingerprint density at radius 1 is 0.865 bits per heavy atom. The Labute approximate surface area is 250 Å². The zero-order chi connectivity index (χ0) is 27.0. The number of unbranched alkanes of at least 4 members (excludes halogenated alkanes) is 9. The number of amides is 1. The van der Waals surface area contributed by atoms with Gasteiger partial charge in [-0.3, -0.25) is 0 Å². The van der Waals surface area contributed by atoms with Crippen LogP contribution < -0.4 is 0 Å². The molecule has 37 heavy (non-hydrogen) atoms. The van der Waals surface area contributed by atoms with Gasteiger partial charge in [0.2, 0.25) is 0 Å². The van der Waals surface area contributed by atoms with Crippen LogP contribution >= 0.6 is 38.5 Å². The summed E-state index contributed by atoms with van der Waals surface area (Å²) in [4.78, 5) is 37.8. The molecule has 0 unspecified atom stereocenters. The fraction of sp³-hybridized carbons (Fsp3) is 0.483. The summed E-state index contributed by atoms with van der Waals surface area (Å²) in [6.07, 6.45) is 12.9. The molecule has 0 aliphatic rings. The maximum atomic E-state index is 12.7. The average molecular weight is 745 g/mol. The second-order valence-corrected chi connectivity index (χ2v) is 13.8. The van der Waals surface area contributed by atoms with Gasteiger partial charge in [0.05, 0.1) is 0 Å². The third kappa shape index (κ3) is 12.5. The Hall–Kier alpha value is -1.18. The summed E-state index contributed by atoms with van der Waals surface area (Å²) in [7, 11) is 0. The molecule has 0 bridgehead atoms. The number of halogens is 2. The third-order valence-electron chi connectivity index (χ3n) is 6.19. The van der Waals surface area contributed by atoms with Crippen LogP contribution in [0.5, 0.6) is 0 Å². The van der Waals surface area contributed by atoms with Crippen molar-refractivity contribution in [1.29, 1.82) is 0 Å². The molecule has 0 aliphatic carbocycles. The van der Waals surface area contributed by atoms with Crippen molar-refractivity contribution in [3.63, 3.8) is 0 Å². The molecule has 0 fully saturated rings. The minimum absolute atomic E-state index is 0.137. The number of rotatable bonds is 17. The molecule has 1 radical (unpaired) electrons. The number of carboxylic acids is 1. The summed E-state index contributed by atoms with van der Waals surface area (Å²) in [6.45, 7) is 2.58. The van der Waals surface area contributed by atoms with Gasteiger partial charge in [0.15, 0.2) is 0 Å². The normalized spacial score (nSPS) is 11.2. The Kier molecular flexibility index (Phi) is 15.7. The van der Waals surface area contributed by atoms with Crippen LogP contribution in [0.1, 0.15) is 92.6 Å². The van der Waals surface area contributed by atoms with Gasteiger partial charge in [0, 0.05) is 0 Å². The minimum atomic E-state index is -1.48. The molecule has 0 atom stereocenters. The van der Waals surface area contributed by atoms with Crippen LogP contribution in [0.4, 0.5) is 0 Å². The average Bonchev–Trinajstić information content (AvgIpc) is 2.88. The van der Waals surface area contributed by atoms with E-state index in [9.17, 15) is 19.5 Å². The Bertz CT molecular complexity index is 1020. The predicted octanol–water partition coefficient (Wildman–Crippen LogP) is 7.85. The monoisotopic (exact) mass is 744 g/mol. The van der Waals surface area contributed by atoms with Gasteiger partial charge >= 0.3 is 229 Å². The molecule has 0 aromatic heterocycles. The van der Waals surface area contributed by atoms with Gasteiger partial charge in [-0.1, -0.05) is 0 Å². The van der Waals surface area contributed by atoms with E-state index in [0.717, 1.165) is 26.3 Å². The molecule has 0 heterocycles. The van der Waals surface area contributed by atoms with E-state index >= 15 is 0 Å². The zero-order valence-electron chi connectivity index (χ0n) is 21.6. The van der Waals surface area contributed by atoms with Crippen LogP contribution in [0.15, 0.2) is 46.9 Å². The standard InChI is InChI=1S/C29H37AsBrINO4/c1-2-3-4-5-6-7-8-9-10-11-18-30-27(34)23-14-15-24(26(31)19-23)21-33(28(35)29(36)37)20-22-12-16-25(32)17-13-22/h12-17,19H,2-11,18,20-21H2,1H3,(H,36,37). The Morgan fingerprint density at radius 3 is 2.03 bits per heavy atom. The quantitative estimate of drug-likeness (QED) is 0.0776. The summed E-state index contributed by atoms with van der Waals surface area (Å²) in [5.74, 6) is -2.43. The van der Waals surface area contributed by atoms with E-state index in [0.29, 0.717) is 10.0 Å². The molecule has 201 valence electrons. The summed E-state index contributed by atoms with van der Waals surface area (Å²) in [6, 6.07) is 13.0. The first-order valence-electron chi connectivity index (χ1n) is 13.1. The molecule has 5 nitrogen and oxygen atoms in total. The molecular formula is C29H37AsBrINO4. The Morgan fingerprint density at radius 2 is 1.46 bits per heavy atom. The van der Waals surface area contributed by atoms with Crippen molar-refractivity contribution in [2.45, 2.75) is 89.4 Å². The van der Waals surface area contributed by atoms with Crippen LogP contribution in [0.2, 0.25) is 5.21 Å². The Balaban J connectivity index is 1.82. The van der Waals surface area contributed by atoms with Gasteiger partial charge in [0.25, 0.3) is 0 Å². The number of hydrogen-bond acceptors (Lipinski definition) is 3. The van der Waals surface area contributed by atoms with Crippen LogP contribution in [-0.4, -0.2) is 42.2 Å². The van der Waals surface area contributed by atoms with Gasteiger partial charge in [-0.15, -0.1) is 0 Å². The fourth-order valence-corrected chi connectivity index (χ4v) is 6.80. The van der Waals surface area contributed by atoms with Gasteiger partial charge in [0.1, 0.15) is 0 Å². The van der Waals surface area contributed by atoms with Crippen molar-refractivity contribution >= 4 is 70.7 Å². The van der Waals surface area contributed by atoms with Crippen LogP contribution in [0.3, 0.4) is 0 Å². The van der Waals surface area contributed by atoms with Crippen LogP contribution in [0.25, 0.3) is 0 Å². The van der Waals surface area contributed by atoms with Crippen molar-refractivity contribution in [2.75, 3.05) is 0 Å². The number of aliphatic carboxylic acids is 1. The molecule has 1 amide bonds. The number of carbonyl (C=O) groups excluding carboxylic acids is 2. The first-order valence-corrected chi connectivity index (χ1v) is 17.2. The van der Waals surface area contributed by atoms with Gasteiger partial charge < -0.3 is 0 Å². The van der Waals surface area contributed by atoms with Crippen molar-refractivity contribution < 1.29 is 19.5 Å². The molecule has 2 aromatic rings. The van der Waals surface area contributed by atoms with Crippen molar-refractivity contribution in [2.24, 2.45) is 0 Å². The van der Waals surface area contributed by atoms with Gasteiger partial charge in [-0.25, -0.2) is 0 Å². The van der Waals surface area contributed by atoms with Crippen LogP contribution in [0, 0.1) is 3.57 Å². The molecule has 2 aromatic carbocycles. The first kappa shape index (κ1) is 32.0. The van der Waals surface area contributed by atoms with Crippen LogP contribution in [-0.2, 0) is 22.7 Å². The van der Waals surface area contributed by atoms with Gasteiger partial charge in [-0.2, -0.15) is 0 Å². The van der Waals surface area contributed by atoms with E-state index in [4.69, 9.17) is 0 Å². The van der Waals surface area contributed by atoms with E-state index in [-0.39, 0.29) is 17.7 Å². The topological polar surface area (TPSA) is 74.7 Å². The zero-order valence-corrected chi connectivity index (χ0v) is 27.2. The summed E-state index contributed by atoms with van der Waals surface area (Å²) < 4.78 is 1.98. The van der Waals surface area contributed by atoms with Gasteiger partial charge in [-0.05, 0) is 22.6 Å². The predicted molar refractivity (Wildman–Crippen MR) is 162 cm³/mol. The first-order chi connectivity index (χ1) is 17.8. The van der Waals surface area contributed by atoms with E-state index in [1.54, 1.807) is 12.1 Å². The molecular weight excluding hydrogens is 708 g/mol. The summed E-state index contributed by atoms with van der Waals surface area (Å²) in [5, 5.41) is 10.3. The SMILES string of the molecule is CCCCCCCCCCCC[As]C(=O)c1ccc(CN(Cc2ccc(I)cc2)C(=O)C(=O)O)c(Br)c1. The molecule has 0 spiro atoms. The van der Waals surface area contributed by atoms with Crippen molar-refractivity contribution in [3.05, 3.63) is 67.2 Å². The van der Waals surface area contributed by atoms with E-state index in [1.807, 2.05) is 30.3 Å². The summed E-state index contributed by atoms with van der Waals surface area (Å²) >= 11 is 5.34. The molecule has 0 saturated heterocycles. The third-order valence-corrected chi connectivity index (χ3v) is 9.92. The maximum absolute atomic E-state index is 12.7. The number of carbonyl (C=O) groups is 3. The number of nitrogens with zero attached hydrogens (tertiary/aromatic N) is 1. The molecule has 1 N–H and O–H groups in total. The van der Waals surface area contributed by atoms with E-state index in [1.165, 1.54) is 62.7 Å². The number of hydrogen-bond donors (Lipinski definition) is 1. The molecule has 0 aliphatic heterocycles. The fourth-order valence-electron chi connectivity index (χ4n) is 4.03.